The van der Waals surface area contributed by atoms with Crippen molar-refractivity contribution in [3.63, 3.8) is 0 Å². The van der Waals surface area contributed by atoms with Gasteiger partial charge in [0.1, 0.15) is 11.7 Å². The summed E-state index contributed by atoms with van der Waals surface area (Å²) in [5, 5.41) is 17.2. The molecule has 2 rings (SSSR count). The number of nitriles is 1. The van der Waals surface area contributed by atoms with Crippen LogP contribution in [-0.2, 0) is 7.05 Å². The largest absolute Gasteiger partial charge is 0.283 e. The van der Waals surface area contributed by atoms with E-state index in [1.165, 1.54) is 17.6 Å². The van der Waals surface area contributed by atoms with Gasteiger partial charge < -0.3 is 0 Å². The van der Waals surface area contributed by atoms with Crippen LogP contribution in [0.4, 0.5) is 0 Å². The molecule has 5 heteroatoms. The second-order valence-electron chi connectivity index (χ2n) is 3.53. The van der Waals surface area contributed by atoms with Crippen LogP contribution in [0.5, 0.6) is 0 Å². The molecule has 0 radical (unpaired) electrons. The molecule has 1 aromatic rings. The van der Waals surface area contributed by atoms with Gasteiger partial charge >= 0.3 is 0 Å². The van der Waals surface area contributed by atoms with Gasteiger partial charge in [0, 0.05) is 7.05 Å². The lowest BCUT2D eigenvalue weighted by molar-refractivity contribution is 0.288. The van der Waals surface area contributed by atoms with Crippen LogP contribution in [0.2, 0.25) is 0 Å². The zero-order valence-corrected chi connectivity index (χ0v) is 8.22. The standard InChI is InChI=1S/C9H13N5/c1-13-11-7-8(12-13)9(6-10)14-4-2-3-5-14/h7,9H,2-5H2,1H3. The lowest BCUT2D eigenvalue weighted by Gasteiger charge is -2.18. The lowest BCUT2D eigenvalue weighted by atomic mass is 10.2. The Hall–Kier alpha value is -1.41. The minimum absolute atomic E-state index is 0.216. The maximum Gasteiger partial charge on any atom is 0.144 e. The van der Waals surface area contributed by atoms with Crippen LogP contribution in [0.15, 0.2) is 6.20 Å². The second kappa shape index (κ2) is 3.76. The maximum absolute atomic E-state index is 9.08. The molecule has 1 unspecified atom stereocenters. The first-order valence-electron chi connectivity index (χ1n) is 4.81. The number of likely N-dealkylation sites (tertiary alicyclic amines) is 1. The minimum atomic E-state index is -0.216. The molecule has 1 aliphatic rings. The highest BCUT2D eigenvalue weighted by molar-refractivity contribution is 5.11. The van der Waals surface area contributed by atoms with Crippen LogP contribution in [-0.4, -0.2) is 33.0 Å². The topological polar surface area (TPSA) is 57.7 Å². The molecular formula is C9H13N5. The molecule has 0 spiro atoms. The van der Waals surface area contributed by atoms with E-state index < -0.39 is 0 Å². The second-order valence-corrected chi connectivity index (χ2v) is 3.53. The van der Waals surface area contributed by atoms with Gasteiger partial charge in [0.2, 0.25) is 0 Å². The predicted octanol–water partition coefficient (Wildman–Crippen LogP) is 0.476. The van der Waals surface area contributed by atoms with Gasteiger partial charge in [0.25, 0.3) is 0 Å². The van der Waals surface area contributed by atoms with Gasteiger partial charge in [-0.1, -0.05) is 0 Å². The average molecular weight is 191 g/mol. The van der Waals surface area contributed by atoms with E-state index in [0.29, 0.717) is 0 Å². The maximum atomic E-state index is 9.08. The van der Waals surface area contributed by atoms with Crippen LogP contribution in [0, 0.1) is 11.3 Å². The van der Waals surface area contributed by atoms with Crippen molar-refractivity contribution >= 4 is 0 Å². The van der Waals surface area contributed by atoms with Crippen molar-refractivity contribution in [2.75, 3.05) is 13.1 Å². The summed E-state index contributed by atoms with van der Waals surface area (Å²) in [6.45, 7) is 1.99. The Bertz CT molecular complexity index is 344. The van der Waals surface area contributed by atoms with Gasteiger partial charge in [-0.05, 0) is 25.9 Å². The first-order valence-corrected chi connectivity index (χ1v) is 4.81. The van der Waals surface area contributed by atoms with E-state index in [-0.39, 0.29) is 6.04 Å². The van der Waals surface area contributed by atoms with Crippen LogP contribution >= 0.6 is 0 Å². The molecular weight excluding hydrogens is 178 g/mol. The molecule has 0 aromatic carbocycles. The lowest BCUT2D eigenvalue weighted by Crippen LogP contribution is -2.24. The Morgan fingerprint density at radius 2 is 2.21 bits per heavy atom. The van der Waals surface area contributed by atoms with Crippen LogP contribution in [0.3, 0.4) is 0 Å². The molecule has 1 fully saturated rings. The molecule has 1 aromatic heterocycles. The Morgan fingerprint density at radius 3 is 2.71 bits per heavy atom. The van der Waals surface area contributed by atoms with E-state index in [9.17, 15) is 0 Å². The summed E-state index contributed by atoms with van der Waals surface area (Å²) in [5.41, 5.74) is 0.761. The third-order valence-electron chi connectivity index (χ3n) is 2.53. The summed E-state index contributed by atoms with van der Waals surface area (Å²) in [5.74, 6) is 0. The fraction of sp³-hybridized carbons (Fsp3) is 0.667. The van der Waals surface area contributed by atoms with Crippen LogP contribution < -0.4 is 0 Å². The molecule has 0 aliphatic carbocycles. The highest BCUT2D eigenvalue weighted by Gasteiger charge is 2.25. The number of rotatable bonds is 2. The van der Waals surface area contributed by atoms with Gasteiger partial charge in [-0.15, -0.1) is 0 Å². The van der Waals surface area contributed by atoms with Gasteiger partial charge in [0.05, 0.1) is 12.3 Å². The Kier molecular flexibility index (Phi) is 2.46. The predicted molar refractivity (Wildman–Crippen MR) is 50.2 cm³/mol. The Labute approximate surface area is 82.9 Å². The summed E-state index contributed by atoms with van der Waals surface area (Å²) < 4.78 is 0. The number of hydrogen-bond acceptors (Lipinski definition) is 4. The summed E-state index contributed by atoms with van der Waals surface area (Å²) >= 11 is 0. The van der Waals surface area contributed by atoms with Crippen molar-refractivity contribution in [1.29, 1.82) is 5.26 Å². The fourth-order valence-corrected chi connectivity index (χ4v) is 1.82. The average Bonchev–Trinajstić information content (AvgIpc) is 2.79. The molecule has 0 bridgehead atoms. The van der Waals surface area contributed by atoms with Crippen molar-refractivity contribution < 1.29 is 0 Å². The van der Waals surface area contributed by atoms with Crippen LogP contribution in [0.1, 0.15) is 24.6 Å². The highest BCUT2D eigenvalue weighted by atomic mass is 15.5. The monoisotopic (exact) mass is 191 g/mol. The minimum Gasteiger partial charge on any atom is -0.283 e. The number of aromatic nitrogens is 3. The third-order valence-corrected chi connectivity index (χ3v) is 2.53. The van der Waals surface area contributed by atoms with Gasteiger partial charge in [-0.25, -0.2) is 0 Å². The van der Waals surface area contributed by atoms with Crippen molar-refractivity contribution in [2.24, 2.45) is 7.05 Å². The summed E-state index contributed by atoms with van der Waals surface area (Å²) in [7, 11) is 1.77. The first kappa shape index (κ1) is 9.16. The number of hydrogen-bond donors (Lipinski definition) is 0. The summed E-state index contributed by atoms with van der Waals surface area (Å²) in [6, 6.07) is 2.07. The molecule has 0 N–H and O–H groups in total. The van der Waals surface area contributed by atoms with E-state index in [1.54, 1.807) is 13.2 Å². The van der Waals surface area contributed by atoms with Gasteiger partial charge in [-0.2, -0.15) is 20.3 Å². The van der Waals surface area contributed by atoms with Crippen molar-refractivity contribution in [1.82, 2.24) is 19.9 Å². The molecule has 1 saturated heterocycles. The zero-order valence-electron chi connectivity index (χ0n) is 8.22. The van der Waals surface area contributed by atoms with E-state index in [4.69, 9.17) is 5.26 Å². The van der Waals surface area contributed by atoms with E-state index >= 15 is 0 Å². The van der Waals surface area contributed by atoms with Gasteiger partial charge in [-0.3, -0.25) is 4.90 Å². The normalized spacial score (nSPS) is 19.4. The SMILES string of the molecule is Cn1ncc(C(C#N)N2CCCC2)n1. The van der Waals surface area contributed by atoms with E-state index in [2.05, 4.69) is 21.2 Å². The number of nitrogens with zero attached hydrogens (tertiary/aromatic N) is 5. The number of aryl methyl sites for hydroxylation is 1. The van der Waals surface area contributed by atoms with Gasteiger partial charge in [0.15, 0.2) is 0 Å². The molecule has 0 saturated carbocycles. The molecule has 1 atom stereocenters. The van der Waals surface area contributed by atoms with E-state index in [0.717, 1.165) is 18.8 Å². The third kappa shape index (κ3) is 1.61. The molecule has 0 amide bonds. The molecule has 74 valence electrons. The summed E-state index contributed by atoms with van der Waals surface area (Å²) in [6.07, 6.45) is 4.03. The van der Waals surface area contributed by atoms with E-state index in [1.807, 2.05) is 0 Å². The van der Waals surface area contributed by atoms with Crippen molar-refractivity contribution in [3.8, 4) is 6.07 Å². The molecule has 14 heavy (non-hydrogen) atoms. The summed E-state index contributed by atoms with van der Waals surface area (Å²) in [4.78, 5) is 3.65. The van der Waals surface area contributed by atoms with Crippen molar-refractivity contribution in [3.05, 3.63) is 11.9 Å². The van der Waals surface area contributed by atoms with Crippen molar-refractivity contribution in [2.45, 2.75) is 18.9 Å². The Morgan fingerprint density at radius 1 is 1.50 bits per heavy atom. The molecule has 2 heterocycles. The molecule has 1 aliphatic heterocycles. The smallest absolute Gasteiger partial charge is 0.144 e. The first-order chi connectivity index (χ1) is 6.81. The van der Waals surface area contributed by atoms with Crippen LogP contribution in [0.25, 0.3) is 0 Å². The Balaban J connectivity index is 2.17. The zero-order chi connectivity index (χ0) is 9.97. The highest BCUT2D eigenvalue weighted by Crippen LogP contribution is 2.22. The molecule has 5 nitrogen and oxygen atoms in total. The fourth-order valence-electron chi connectivity index (χ4n) is 1.82. The quantitative estimate of drug-likeness (QED) is 0.682.